The zero-order valence-electron chi connectivity index (χ0n) is 16.2. The number of ether oxygens (including phenoxy) is 1. The van der Waals surface area contributed by atoms with E-state index in [4.69, 9.17) is 16.2 Å². The molecule has 156 valence electrons. The third kappa shape index (κ3) is 6.82. The fourth-order valence-corrected chi connectivity index (χ4v) is 2.15. The molecule has 1 heterocycles. The molecule has 0 saturated carbocycles. The third-order valence-corrected chi connectivity index (χ3v) is 3.70. The molecule has 2 rings (SSSR count). The quantitative estimate of drug-likeness (QED) is 0.423. The van der Waals surface area contributed by atoms with E-state index in [1.165, 1.54) is 18.2 Å². The van der Waals surface area contributed by atoms with Crippen LogP contribution in [0.2, 0.25) is 0 Å². The summed E-state index contributed by atoms with van der Waals surface area (Å²) in [6.45, 7) is 5.05. The van der Waals surface area contributed by atoms with E-state index < -0.39 is 23.7 Å². The lowest BCUT2D eigenvalue weighted by Crippen LogP contribution is -2.38. The number of hydrogen-bond acceptors (Lipinski definition) is 6. The van der Waals surface area contributed by atoms with Crippen LogP contribution in [0.5, 0.6) is 11.6 Å². The highest BCUT2D eigenvalue weighted by molar-refractivity contribution is 6.02. The topological polar surface area (TPSA) is 145 Å². The molecule has 0 bridgehead atoms. The largest absolute Gasteiger partial charge is 0.439 e. The number of aliphatic imine (C=N–C) groups is 2. The molecule has 0 unspecified atom stereocenters. The van der Waals surface area contributed by atoms with Crippen LogP contribution in [0.15, 0.2) is 64.5 Å². The molecule has 1 atom stereocenters. The molecule has 0 aliphatic heterocycles. The van der Waals surface area contributed by atoms with Crippen LogP contribution in [0.3, 0.4) is 0 Å². The summed E-state index contributed by atoms with van der Waals surface area (Å²) in [5.41, 5.74) is 11.0. The molecule has 2 aromatic rings. The fraction of sp³-hybridized carbons (Fsp3) is 0.150. The van der Waals surface area contributed by atoms with E-state index in [0.29, 0.717) is 11.3 Å². The van der Waals surface area contributed by atoms with Crippen LogP contribution in [0, 0.1) is 5.82 Å². The van der Waals surface area contributed by atoms with Crippen LogP contribution in [0.1, 0.15) is 18.9 Å². The van der Waals surface area contributed by atoms with E-state index in [0.717, 1.165) is 6.20 Å². The molecule has 5 N–H and O–H groups in total. The van der Waals surface area contributed by atoms with Gasteiger partial charge >= 0.3 is 0 Å². The molecule has 0 saturated heterocycles. The molecular weight excluding hydrogens is 391 g/mol. The van der Waals surface area contributed by atoms with Crippen molar-refractivity contribution in [2.24, 2.45) is 21.5 Å². The van der Waals surface area contributed by atoms with Crippen molar-refractivity contribution >= 4 is 24.4 Å². The highest BCUT2D eigenvalue weighted by Gasteiger charge is 2.11. The Morgan fingerprint density at radius 3 is 2.50 bits per heavy atom. The Kier molecular flexibility index (Phi) is 7.74. The van der Waals surface area contributed by atoms with E-state index in [-0.39, 0.29) is 24.0 Å². The maximum Gasteiger partial charge on any atom is 0.239 e. The molecule has 0 spiro atoms. The van der Waals surface area contributed by atoms with Crippen molar-refractivity contribution < 1.29 is 18.7 Å². The SMILES string of the molecule is C=N/C(=N\C(=C/CC(N)=O)N[C@@H](C)C(N)=O)c1ccc(Oc2ccc(F)cn2)cc1. The van der Waals surface area contributed by atoms with Crippen molar-refractivity contribution in [1.29, 1.82) is 0 Å². The minimum atomic E-state index is -0.738. The van der Waals surface area contributed by atoms with Crippen LogP contribution in [-0.4, -0.2) is 35.4 Å². The van der Waals surface area contributed by atoms with E-state index in [9.17, 15) is 14.0 Å². The molecule has 0 aliphatic carbocycles. The van der Waals surface area contributed by atoms with Crippen LogP contribution >= 0.6 is 0 Å². The Labute approximate surface area is 172 Å². The standard InChI is InChI=1S/C20H21FN6O3/c1-12(19(23)29)26-17(9-8-16(22)28)27-20(24-2)13-3-6-15(7-4-13)30-18-10-5-14(21)11-25-18/h3-7,9-12,26H,2,8H2,1H3,(H2,22,28)(H2,23,29)/b17-9-,27-20-/t12-/m0/s1. The van der Waals surface area contributed by atoms with Crippen molar-refractivity contribution in [3.05, 3.63) is 65.9 Å². The van der Waals surface area contributed by atoms with Gasteiger partial charge in [0.25, 0.3) is 0 Å². The van der Waals surface area contributed by atoms with Crippen molar-refractivity contribution in [2.75, 3.05) is 0 Å². The fourth-order valence-electron chi connectivity index (χ4n) is 2.15. The molecule has 10 heteroatoms. The number of rotatable bonds is 9. The number of nitrogens with two attached hydrogens (primary N) is 2. The van der Waals surface area contributed by atoms with Gasteiger partial charge in [0, 0.05) is 18.1 Å². The minimum absolute atomic E-state index is 0.0980. The van der Waals surface area contributed by atoms with Crippen LogP contribution in [0.4, 0.5) is 4.39 Å². The van der Waals surface area contributed by atoms with Gasteiger partial charge in [-0.2, -0.15) is 0 Å². The number of primary amides is 2. The first-order valence-corrected chi connectivity index (χ1v) is 8.78. The number of amides is 2. The number of nitrogens with one attached hydrogen (secondary N) is 1. The Morgan fingerprint density at radius 2 is 1.97 bits per heavy atom. The molecule has 1 aromatic heterocycles. The summed E-state index contributed by atoms with van der Waals surface area (Å²) in [4.78, 5) is 34.4. The highest BCUT2D eigenvalue weighted by atomic mass is 19.1. The lowest BCUT2D eigenvalue weighted by molar-refractivity contribution is -0.119. The summed E-state index contributed by atoms with van der Waals surface area (Å²) in [5.74, 6) is -0.512. The van der Waals surface area contributed by atoms with Crippen LogP contribution in [0.25, 0.3) is 0 Å². The van der Waals surface area contributed by atoms with Gasteiger partial charge in [-0.05, 0) is 50.0 Å². The molecule has 9 nitrogen and oxygen atoms in total. The summed E-state index contributed by atoms with van der Waals surface area (Å²) in [6, 6.07) is 8.55. The Morgan fingerprint density at radius 1 is 1.27 bits per heavy atom. The van der Waals surface area contributed by atoms with Crippen LogP contribution < -0.4 is 21.5 Å². The van der Waals surface area contributed by atoms with Gasteiger partial charge in [0.15, 0.2) is 5.84 Å². The van der Waals surface area contributed by atoms with Gasteiger partial charge in [-0.25, -0.2) is 19.4 Å². The second-order valence-corrected chi connectivity index (χ2v) is 6.06. The van der Waals surface area contributed by atoms with Crippen molar-refractivity contribution in [3.63, 3.8) is 0 Å². The number of amidine groups is 1. The summed E-state index contributed by atoms with van der Waals surface area (Å²) in [6.07, 6.45) is 2.37. The van der Waals surface area contributed by atoms with Gasteiger partial charge in [0.05, 0.1) is 6.20 Å². The first-order chi connectivity index (χ1) is 14.3. The normalized spacial score (nSPS) is 12.7. The monoisotopic (exact) mass is 412 g/mol. The molecule has 2 amide bonds. The van der Waals surface area contributed by atoms with E-state index in [2.05, 4.69) is 27.0 Å². The summed E-state index contributed by atoms with van der Waals surface area (Å²) in [5, 5.41) is 2.79. The Hall–Kier alpha value is -4.08. The first kappa shape index (κ1) is 22.2. The third-order valence-electron chi connectivity index (χ3n) is 3.70. The number of nitrogens with zero attached hydrogens (tertiary/aromatic N) is 3. The molecule has 30 heavy (non-hydrogen) atoms. The summed E-state index contributed by atoms with van der Waals surface area (Å²) >= 11 is 0. The number of halogens is 1. The smallest absolute Gasteiger partial charge is 0.239 e. The van der Waals surface area contributed by atoms with Crippen molar-refractivity contribution in [3.8, 4) is 11.6 Å². The van der Waals surface area contributed by atoms with Crippen LogP contribution in [-0.2, 0) is 9.59 Å². The number of aromatic nitrogens is 1. The predicted octanol–water partition coefficient (Wildman–Crippen LogP) is 1.64. The first-order valence-electron chi connectivity index (χ1n) is 8.78. The average molecular weight is 412 g/mol. The number of benzene rings is 1. The zero-order valence-corrected chi connectivity index (χ0v) is 16.2. The second kappa shape index (κ2) is 10.5. The van der Waals surface area contributed by atoms with Gasteiger partial charge in [-0.1, -0.05) is 0 Å². The van der Waals surface area contributed by atoms with Gasteiger partial charge in [0.1, 0.15) is 23.4 Å². The van der Waals surface area contributed by atoms with Gasteiger partial charge in [0.2, 0.25) is 17.7 Å². The van der Waals surface area contributed by atoms with E-state index >= 15 is 0 Å². The predicted molar refractivity (Wildman–Crippen MR) is 110 cm³/mol. The van der Waals surface area contributed by atoms with Crippen molar-refractivity contribution in [1.82, 2.24) is 10.3 Å². The second-order valence-electron chi connectivity index (χ2n) is 6.06. The van der Waals surface area contributed by atoms with Crippen molar-refractivity contribution in [2.45, 2.75) is 19.4 Å². The lowest BCUT2D eigenvalue weighted by atomic mass is 10.2. The van der Waals surface area contributed by atoms with Gasteiger partial charge < -0.3 is 21.5 Å². The number of pyridine rings is 1. The summed E-state index contributed by atoms with van der Waals surface area (Å²) < 4.78 is 18.5. The maximum absolute atomic E-state index is 12.9. The van der Waals surface area contributed by atoms with E-state index in [1.807, 2.05) is 0 Å². The maximum atomic E-state index is 12.9. The molecular formula is C20H21FN6O3. The minimum Gasteiger partial charge on any atom is -0.439 e. The Balaban J connectivity index is 2.23. The lowest BCUT2D eigenvalue weighted by Gasteiger charge is -2.13. The van der Waals surface area contributed by atoms with Gasteiger partial charge in [-0.3, -0.25) is 9.59 Å². The molecule has 0 radical (unpaired) electrons. The van der Waals surface area contributed by atoms with Gasteiger partial charge in [-0.15, -0.1) is 0 Å². The molecule has 0 aliphatic rings. The molecule has 1 aromatic carbocycles. The zero-order chi connectivity index (χ0) is 22.1. The average Bonchev–Trinajstić information content (AvgIpc) is 2.72. The number of hydrogen-bond donors (Lipinski definition) is 3. The summed E-state index contributed by atoms with van der Waals surface area (Å²) in [7, 11) is 0. The Bertz CT molecular complexity index is 971. The highest BCUT2D eigenvalue weighted by Crippen LogP contribution is 2.20. The van der Waals surface area contributed by atoms with E-state index in [1.54, 1.807) is 31.2 Å². The molecule has 0 fully saturated rings. The number of carbonyl (C=O) groups excluding carboxylic acids is 2. The number of carbonyl (C=O) groups is 2.